The first kappa shape index (κ1) is 18.5. The molecule has 0 aliphatic heterocycles. The third-order valence-corrected chi connectivity index (χ3v) is 4.45. The fraction of sp³-hybridized carbons (Fsp3) is 0.100. The average Bonchev–Trinajstić information content (AvgIpc) is 2.93. The molecule has 0 saturated heterocycles. The maximum atomic E-state index is 12.7. The monoisotopic (exact) mass is 382 g/mol. The van der Waals surface area contributed by atoms with Gasteiger partial charge in [-0.1, -0.05) is 35.9 Å². The van der Waals surface area contributed by atoms with Crippen LogP contribution in [0.25, 0.3) is 10.9 Å². The maximum absolute atomic E-state index is 12.7. The highest BCUT2D eigenvalue weighted by atomic mass is 35.5. The minimum absolute atomic E-state index is 0.303. The molecule has 0 fully saturated rings. The van der Waals surface area contributed by atoms with Crippen LogP contribution in [-0.4, -0.2) is 23.1 Å². The van der Waals surface area contributed by atoms with Crippen LogP contribution < -0.4 is 16.0 Å². The van der Waals surface area contributed by atoms with Crippen molar-refractivity contribution in [3.8, 4) is 0 Å². The number of amides is 3. The number of fused-ring (bicyclic) bond motifs is 1. The fourth-order valence-corrected chi connectivity index (χ4v) is 3.14. The first-order valence-corrected chi connectivity index (χ1v) is 8.69. The Morgan fingerprint density at radius 1 is 1.07 bits per heavy atom. The van der Waals surface area contributed by atoms with Crippen LogP contribution >= 0.6 is 11.6 Å². The van der Waals surface area contributed by atoms with E-state index < -0.39 is 0 Å². The topological polar surface area (TPSA) is 75.2 Å². The van der Waals surface area contributed by atoms with Gasteiger partial charge < -0.3 is 20.5 Å². The molecule has 27 heavy (non-hydrogen) atoms. The van der Waals surface area contributed by atoms with Gasteiger partial charge in [0.05, 0.1) is 5.02 Å². The van der Waals surface area contributed by atoms with Crippen molar-refractivity contribution in [2.45, 2.75) is 0 Å². The molecule has 1 heterocycles. The summed E-state index contributed by atoms with van der Waals surface area (Å²) in [5, 5.41) is 9.39. The van der Waals surface area contributed by atoms with Gasteiger partial charge in [-0.25, -0.2) is 4.79 Å². The third-order valence-electron chi connectivity index (χ3n) is 4.07. The number of para-hydroxylation sites is 1. The molecule has 3 aromatic rings. The number of hydrogen-bond acceptors (Lipinski definition) is 2. The van der Waals surface area contributed by atoms with E-state index in [1.165, 1.54) is 0 Å². The SMILES string of the molecule is C=CCNC(=O)Nc1ccc(NC(=O)c2c(Cl)c3ccccc3n2C)cc1. The molecule has 0 atom stereocenters. The lowest BCUT2D eigenvalue weighted by Gasteiger charge is -2.09. The molecule has 0 bridgehead atoms. The number of aromatic nitrogens is 1. The smallest absolute Gasteiger partial charge is 0.319 e. The van der Waals surface area contributed by atoms with Gasteiger partial charge >= 0.3 is 6.03 Å². The van der Waals surface area contributed by atoms with Crippen molar-refractivity contribution in [1.29, 1.82) is 0 Å². The standard InChI is InChI=1S/C20H19ClN4O2/c1-3-12-22-20(27)24-14-10-8-13(9-11-14)23-19(26)18-17(21)15-6-4-5-7-16(15)25(18)2/h3-11H,1,12H2,2H3,(H,23,26)(H2,22,24,27). The molecule has 138 valence electrons. The van der Waals surface area contributed by atoms with Gasteiger partial charge in [-0.05, 0) is 30.3 Å². The molecule has 6 nitrogen and oxygen atoms in total. The maximum Gasteiger partial charge on any atom is 0.319 e. The van der Waals surface area contributed by atoms with Crippen LogP contribution in [0, 0.1) is 0 Å². The van der Waals surface area contributed by atoms with E-state index in [2.05, 4.69) is 22.5 Å². The molecule has 0 aliphatic rings. The van der Waals surface area contributed by atoms with Gasteiger partial charge in [-0.2, -0.15) is 0 Å². The van der Waals surface area contributed by atoms with E-state index in [0.29, 0.717) is 28.6 Å². The van der Waals surface area contributed by atoms with E-state index in [1.807, 2.05) is 24.3 Å². The Kier molecular flexibility index (Phi) is 5.47. The predicted octanol–water partition coefficient (Wildman–Crippen LogP) is 4.39. The zero-order valence-electron chi connectivity index (χ0n) is 14.8. The zero-order valence-corrected chi connectivity index (χ0v) is 15.5. The number of halogens is 1. The number of nitrogens with zero attached hydrogens (tertiary/aromatic N) is 1. The Morgan fingerprint density at radius 2 is 1.70 bits per heavy atom. The van der Waals surface area contributed by atoms with E-state index >= 15 is 0 Å². The van der Waals surface area contributed by atoms with Crippen LogP contribution in [0.1, 0.15) is 10.5 Å². The Bertz CT molecular complexity index is 970. The molecular formula is C20H19ClN4O2. The van der Waals surface area contributed by atoms with E-state index in [9.17, 15) is 9.59 Å². The highest BCUT2D eigenvalue weighted by Gasteiger charge is 2.19. The van der Waals surface area contributed by atoms with Crippen molar-refractivity contribution in [3.05, 3.63) is 71.9 Å². The van der Waals surface area contributed by atoms with Gasteiger partial charge in [0.1, 0.15) is 5.69 Å². The first-order valence-electron chi connectivity index (χ1n) is 8.31. The summed E-state index contributed by atoms with van der Waals surface area (Å²) in [6, 6.07) is 14.1. The summed E-state index contributed by atoms with van der Waals surface area (Å²) in [6.45, 7) is 3.92. The molecule has 3 N–H and O–H groups in total. The quantitative estimate of drug-likeness (QED) is 0.572. The number of anilines is 2. The van der Waals surface area contributed by atoms with Crippen molar-refractivity contribution in [3.63, 3.8) is 0 Å². The average molecular weight is 383 g/mol. The third kappa shape index (κ3) is 3.96. The van der Waals surface area contributed by atoms with Gasteiger partial charge in [0.25, 0.3) is 5.91 Å². The molecule has 0 unspecified atom stereocenters. The number of hydrogen-bond donors (Lipinski definition) is 3. The number of benzene rings is 2. The number of carbonyl (C=O) groups is 2. The summed E-state index contributed by atoms with van der Waals surface area (Å²) >= 11 is 6.40. The van der Waals surface area contributed by atoms with Crippen LogP contribution in [0.5, 0.6) is 0 Å². The number of carbonyl (C=O) groups excluding carboxylic acids is 2. The van der Waals surface area contributed by atoms with E-state index in [1.54, 1.807) is 42.0 Å². The minimum atomic E-state index is -0.325. The van der Waals surface area contributed by atoms with Gasteiger partial charge in [-0.15, -0.1) is 6.58 Å². The first-order chi connectivity index (χ1) is 13.0. The van der Waals surface area contributed by atoms with Gasteiger partial charge in [0.2, 0.25) is 0 Å². The molecule has 3 rings (SSSR count). The molecule has 0 saturated carbocycles. The summed E-state index contributed by atoms with van der Waals surface area (Å²) in [5.41, 5.74) is 2.48. The highest BCUT2D eigenvalue weighted by molar-refractivity contribution is 6.39. The summed E-state index contributed by atoms with van der Waals surface area (Å²) in [5.74, 6) is -0.303. The van der Waals surface area contributed by atoms with Crippen LogP contribution in [0.4, 0.5) is 16.2 Å². The summed E-state index contributed by atoms with van der Waals surface area (Å²) < 4.78 is 1.77. The Hall–Kier alpha value is -3.25. The Balaban J connectivity index is 1.73. The molecule has 1 aromatic heterocycles. The molecule has 3 amide bonds. The number of rotatable bonds is 5. The van der Waals surface area contributed by atoms with Crippen molar-refractivity contribution in [1.82, 2.24) is 9.88 Å². The van der Waals surface area contributed by atoms with Crippen molar-refractivity contribution in [2.24, 2.45) is 7.05 Å². The highest BCUT2D eigenvalue weighted by Crippen LogP contribution is 2.30. The summed E-state index contributed by atoms with van der Waals surface area (Å²) in [7, 11) is 1.80. The Labute approximate surface area is 161 Å². The van der Waals surface area contributed by atoms with Crippen molar-refractivity contribution >= 4 is 45.8 Å². The lowest BCUT2D eigenvalue weighted by atomic mass is 10.2. The molecule has 2 aromatic carbocycles. The van der Waals surface area contributed by atoms with Gasteiger partial charge in [0, 0.05) is 35.9 Å². The van der Waals surface area contributed by atoms with Crippen LogP contribution in [0.3, 0.4) is 0 Å². The lowest BCUT2D eigenvalue weighted by molar-refractivity contribution is 0.102. The number of aryl methyl sites for hydroxylation is 1. The summed E-state index contributed by atoms with van der Waals surface area (Å²) in [4.78, 5) is 24.3. The molecule has 7 heteroatoms. The second-order valence-corrected chi connectivity index (χ2v) is 6.27. The van der Waals surface area contributed by atoms with Crippen LogP contribution in [0.15, 0.2) is 61.2 Å². The van der Waals surface area contributed by atoms with Crippen molar-refractivity contribution in [2.75, 3.05) is 17.2 Å². The van der Waals surface area contributed by atoms with Crippen LogP contribution in [-0.2, 0) is 7.05 Å². The second kappa shape index (κ2) is 7.97. The van der Waals surface area contributed by atoms with Gasteiger partial charge in [-0.3, -0.25) is 4.79 Å². The lowest BCUT2D eigenvalue weighted by Crippen LogP contribution is -2.28. The molecule has 0 spiro atoms. The zero-order chi connectivity index (χ0) is 19.4. The van der Waals surface area contributed by atoms with E-state index in [4.69, 9.17) is 11.6 Å². The molecular weight excluding hydrogens is 364 g/mol. The molecule has 0 radical (unpaired) electrons. The van der Waals surface area contributed by atoms with Crippen molar-refractivity contribution < 1.29 is 9.59 Å². The largest absolute Gasteiger partial charge is 0.338 e. The predicted molar refractivity (Wildman–Crippen MR) is 110 cm³/mol. The number of urea groups is 1. The second-order valence-electron chi connectivity index (χ2n) is 5.89. The minimum Gasteiger partial charge on any atom is -0.338 e. The Morgan fingerprint density at radius 3 is 2.33 bits per heavy atom. The van der Waals surface area contributed by atoms with E-state index in [0.717, 1.165) is 10.9 Å². The fourth-order valence-electron chi connectivity index (χ4n) is 2.77. The molecule has 0 aliphatic carbocycles. The summed E-state index contributed by atoms with van der Waals surface area (Å²) in [6.07, 6.45) is 1.59. The van der Waals surface area contributed by atoms with Crippen LogP contribution in [0.2, 0.25) is 5.02 Å². The van der Waals surface area contributed by atoms with E-state index in [-0.39, 0.29) is 11.9 Å². The number of nitrogens with one attached hydrogen (secondary N) is 3. The van der Waals surface area contributed by atoms with Gasteiger partial charge in [0.15, 0.2) is 0 Å². The normalized spacial score (nSPS) is 10.4.